The standard InChI is InChI=1S/C21H36N4O.HI/c1-4-5-6-7-18(2)24-21(22-3)23-16-19-8-10-20(11-9-19)17-25-12-14-26-15-13-25;/h8-11,18H,4-7,12-17H2,1-3H3,(H2,22,23,24);1H. The summed E-state index contributed by atoms with van der Waals surface area (Å²) < 4.78 is 5.41. The van der Waals surface area contributed by atoms with Gasteiger partial charge in [0.05, 0.1) is 13.2 Å². The number of halogens is 1. The average Bonchev–Trinajstić information content (AvgIpc) is 2.67. The molecule has 1 unspecified atom stereocenters. The summed E-state index contributed by atoms with van der Waals surface area (Å²) in [5.74, 6) is 0.881. The van der Waals surface area contributed by atoms with Crippen molar-refractivity contribution < 1.29 is 4.74 Å². The number of aliphatic imine (C=N–C) groups is 1. The van der Waals surface area contributed by atoms with Crippen molar-refractivity contribution in [2.24, 2.45) is 4.99 Å². The smallest absolute Gasteiger partial charge is 0.191 e. The number of rotatable bonds is 9. The molecule has 0 spiro atoms. The predicted molar refractivity (Wildman–Crippen MR) is 125 cm³/mol. The molecule has 154 valence electrons. The van der Waals surface area contributed by atoms with Crippen molar-refractivity contribution in [2.45, 2.75) is 58.7 Å². The monoisotopic (exact) mass is 488 g/mol. The molecule has 1 aromatic carbocycles. The highest BCUT2D eigenvalue weighted by Gasteiger charge is 2.10. The molecule has 1 saturated heterocycles. The molecule has 1 atom stereocenters. The van der Waals surface area contributed by atoms with Crippen LogP contribution >= 0.6 is 24.0 Å². The minimum absolute atomic E-state index is 0. The van der Waals surface area contributed by atoms with Gasteiger partial charge in [-0.2, -0.15) is 0 Å². The maximum absolute atomic E-state index is 5.41. The molecule has 0 aromatic heterocycles. The quantitative estimate of drug-likeness (QED) is 0.241. The van der Waals surface area contributed by atoms with Gasteiger partial charge in [-0.05, 0) is 24.5 Å². The van der Waals surface area contributed by atoms with Crippen molar-refractivity contribution in [1.82, 2.24) is 15.5 Å². The number of ether oxygens (including phenoxy) is 1. The molecular formula is C21H37IN4O. The van der Waals surface area contributed by atoms with Gasteiger partial charge < -0.3 is 15.4 Å². The molecule has 0 saturated carbocycles. The maximum Gasteiger partial charge on any atom is 0.191 e. The second-order valence-corrected chi connectivity index (χ2v) is 7.17. The van der Waals surface area contributed by atoms with Gasteiger partial charge in [0.1, 0.15) is 0 Å². The lowest BCUT2D eigenvalue weighted by atomic mass is 10.1. The first kappa shape index (κ1) is 24.2. The lowest BCUT2D eigenvalue weighted by Crippen LogP contribution is -2.41. The fourth-order valence-electron chi connectivity index (χ4n) is 3.17. The summed E-state index contributed by atoms with van der Waals surface area (Å²) in [6.45, 7) is 10.0. The second-order valence-electron chi connectivity index (χ2n) is 7.17. The van der Waals surface area contributed by atoms with Crippen LogP contribution in [0.25, 0.3) is 0 Å². The molecule has 1 aliphatic heterocycles. The first-order valence-corrected chi connectivity index (χ1v) is 10.1. The van der Waals surface area contributed by atoms with Gasteiger partial charge in [0.2, 0.25) is 0 Å². The molecule has 0 bridgehead atoms. The van der Waals surface area contributed by atoms with Crippen LogP contribution in [-0.2, 0) is 17.8 Å². The molecule has 0 radical (unpaired) electrons. The van der Waals surface area contributed by atoms with Crippen LogP contribution in [-0.4, -0.2) is 50.3 Å². The zero-order chi connectivity index (χ0) is 18.6. The number of hydrogen-bond acceptors (Lipinski definition) is 3. The Morgan fingerprint density at radius 2 is 1.81 bits per heavy atom. The first-order chi connectivity index (χ1) is 12.7. The van der Waals surface area contributed by atoms with Crippen molar-refractivity contribution >= 4 is 29.9 Å². The summed E-state index contributed by atoms with van der Waals surface area (Å²) in [6, 6.07) is 9.33. The topological polar surface area (TPSA) is 48.9 Å². The van der Waals surface area contributed by atoms with Crippen LogP contribution in [0.15, 0.2) is 29.3 Å². The summed E-state index contributed by atoms with van der Waals surface area (Å²) in [6.07, 6.45) is 5.02. The van der Waals surface area contributed by atoms with Gasteiger partial charge in [0.15, 0.2) is 5.96 Å². The molecule has 1 heterocycles. The van der Waals surface area contributed by atoms with Crippen LogP contribution in [0.3, 0.4) is 0 Å². The van der Waals surface area contributed by atoms with Crippen LogP contribution < -0.4 is 10.6 Å². The Morgan fingerprint density at radius 1 is 1.15 bits per heavy atom. The number of morpholine rings is 1. The minimum Gasteiger partial charge on any atom is -0.379 e. The summed E-state index contributed by atoms with van der Waals surface area (Å²) in [5.41, 5.74) is 2.64. The van der Waals surface area contributed by atoms with Crippen molar-refractivity contribution in [2.75, 3.05) is 33.4 Å². The third-order valence-electron chi connectivity index (χ3n) is 4.84. The number of nitrogens with one attached hydrogen (secondary N) is 2. The summed E-state index contributed by atoms with van der Waals surface area (Å²) in [5, 5.41) is 6.90. The molecule has 2 rings (SSSR count). The summed E-state index contributed by atoms with van der Waals surface area (Å²) in [7, 11) is 1.83. The molecule has 27 heavy (non-hydrogen) atoms. The van der Waals surface area contributed by atoms with Crippen molar-refractivity contribution in [1.29, 1.82) is 0 Å². The fraction of sp³-hybridized carbons (Fsp3) is 0.667. The van der Waals surface area contributed by atoms with Crippen molar-refractivity contribution in [3.8, 4) is 0 Å². The molecule has 5 nitrogen and oxygen atoms in total. The zero-order valence-electron chi connectivity index (χ0n) is 17.2. The number of hydrogen-bond donors (Lipinski definition) is 2. The van der Waals surface area contributed by atoms with E-state index in [2.05, 4.69) is 58.6 Å². The molecular weight excluding hydrogens is 451 g/mol. The number of benzene rings is 1. The van der Waals surface area contributed by atoms with Crippen LogP contribution in [0, 0.1) is 0 Å². The molecule has 1 aliphatic rings. The van der Waals surface area contributed by atoms with Crippen LogP contribution in [0.5, 0.6) is 0 Å². The molecule has 1 aromatic rings. The van der Waals surface area contributed by atoms with E-state index in [0.717, 1.165) is 45.4 Å². The fourth-order valence-corrected chi connectivity index (χ4v) is 3.17. The highest BCUT2D eigenvalue weighted by atomic mass is 127. The lowest BCUT2D eigenvalue weighted by molar-refractivity contribution is 0.0342. The third kappa shape index (κ3) is 9.76. The highest BCUT2D eigenvalue weighted by molar-refractivity contribution is 14.0. The normalized spacial score (nSPS) is 16.5. The number of nitrogens with zero attached hydrogens (tertiary/aromatic N) is 2. The molecule has 1 fully saturated rings. The van der Waals surface area contributed by atoms with Gasteiger partial charge >= 0.3 is 0 Å². The van der Waals surface area contributed by atoms with Crippen LogP contribution in [0.1, 0.15) is 50.7 Å². The zero-order valence-corrected chi connectivity index (χ0v) is 19.5. The Bertz CT molecular complexity index is 529. The van der Waals surface area contributed by atoms with E-state index in [1.54, 1.807) is 0 Å². The highest BCUT2D eigenvalue weighted by Crippen LogP contribution is 2.09. The van der Waals surface area contributed by atoms with E-state index in [9.17, 15) is 0 Å². The van der Waals surface area contributed by atoms with E-state index < -0.39 is 0 Å². The van der Waals surface area contributed by atoms with Gasteiger partial charge in [-0.15, -0.1) is 24.0 Å². The Labute approximate surface area is 182 Å². The Morgan fingerprint density at radius 3 is 2.44 bits per heavy atom. The lowest BCUT2D eigenvalue weighted by Gasteiger charge is -2.26. The van der Waals surface area contributed by atoms with Crippen molar-refractivity contribution in [3.05, 3.63) is 35.4 Å². The number of guanidine groups is 1. The minimum atomic E-state index is 0. The van der Waals surface area contributed by atoms with Crippen LogP contribution in [0.4, 0.5) is 0 Å². The van der Waals surface area contributed by atoms with Gasteiger partial charge in [-0.1, -0.05) is 50.5 Å². The van der Waals surface area contributed by atoms with E-state index in [1.807, 2.05) is 7.05 Å². The molecule has 0 aliphatic carbocycles. The Kier molecular flexibility index (Phi) is 12.7. The Balaban J connectivity index is 0.00000364. The predicted octanol–water partition coefficient (Wildman–Crippen LogP) is 3.77. The second kappa shape index (κ2) is 14.2. The van der Waals surface area contributed by atoms with E-state index in [1.165, 1.54) is 36.8 Å². The summed E-state index contributed by atoms with van der Waals surface area (Å²) in [4.78, 5) is 6.79. The van der Waals surface area contributed by atoms with Gasteiger partial charge in [0.25, 0.3) is 0 Å². The summed E-state index contributed by atoms with van der Waals surface area (Å²) >= 11 is 0. The SMILES string of the molecule is CCCCCC(C)NC(=NC)NCc1ccc(CN2CCOCC2)cc1.I. The van der Waals surface area contributed by atoms with E-state index >= 15 is 0 Å². The average molecular weight is 488 g/mol. The maximum atomic E-state index is 5.41. The van der Waals surface area contributed by atoms with Gasteiger partial charge in [-0.3, -0.25) is 9.89 Å². The third-order valence-corrected chi connectivity index (χ3v) is 4.84. The van der Waals surface area contributed by atoms with E-state index in [4.69, 9.17) is 4.74 Å². The molecule has 0 amide bonds. The Hall–Kier alpha value is -0.860. The largest absolute Gasteiger partial charge is 0.379 e. The van der Waals surface area contributed by atoms with Gasteiger partial charge in [-0.25, -0.2) is 0 Å². The van der Waals surface area contributed by atoms with Crippen LogP contribution in [0.2, 0.25) is 0 Å². The van der Waals surface area contributed by atoms with E-state index in [0.29, 0.717) is 6.04 Å². The van der Waals surface area contributed by atoms with Crippen molar-refractivity contribution in [3.63, 3.8) is 0 Å². The molecule has 6 heteroatoms. The number of unbranched alkanes of at least 4 members (excludes halogenated alkanes) is 2. The van der Waals surface area contributed by atoms with Gasteiger partial charge in [0, 0.05) is 39.3 Å². The first-order valence-electron chi connectivity index (χ1n) is 10.1. The van der Waals surface area contributed by atoms with E-state index in [-0.39, 0.29) is 24.0 Å². The molecule has 2 N–H and O–H groups in total.